The van der Waals surface area contributed by atoms with E-state index in [1.54, 1.807) is 25.5 Å². The number of fused-ring (bicyclic) bond motifs is 1. The lowest BCUT2D eigenvalue weighted by molar-refractivity contribution is -0.0755. The molecule has 0 bridgehead atoms. The number of hydroxylamine groups is 2. The molecule has 4 heteroatoms. The van der Waals surface area contributed by atoms with Crippen LogP contribution in [-0.4, -0.2) is 30.1 Å². The van der Waals surface area contributed by atoms with Crippen molar-refractivity contribution in [1.82, 2.24) is 10.0 Å². The average Bonchev–Trinajstić information content (AvgIpc) is 2.36. The lowest BCUT2D eigenvalue weighted by Crippen LogP contribution is -2.25. The first kappa shape index (κ1) is 10.6. The number of hydrogen-bond acceptors (Lipinski definition) is 3. The Labute approximate surface area is 93.4 Å². The first-order valence-corrected chi connectivity index (χ1v) is 4.89. The van der Waals surface area contributed by atoms with Crippen LogP contribution in [0.1, 0.15) is 10.4 Å². The average molecular weight is 216 g/mol. The lowest BCUT2D eigenvalue weighted by Gasteiger charge is -2.14. The van der Waals surface area contributed by atoms with Gasteiger partial charge in [0.1, 0.15) is 0 Å². The van der Waals surface area contributed by atoms with Crippen LogP contribution in [0, 0.1) is 0 Å². The molecule has 82 valence electrons. The van der Waals surface area contributed by atoms with Crippen LogP contribution in [0.4, 0.5) is 0 Å². The van der Waals surface area contributed by atoms with Crippen molar-refractivity contribution in [3.63, 3.8) is 0 Å². The number of amides is 1. The van der Waals surface area contributed by atoms with Crippen LogP contribution >= 0.6 is 0 Å². The third-order valence-electron chi connectivity index (χ3n) is 2.47. The fraction of sp³-hybridized carbons (Fsp3) is 0.167. The van der Waals surface area contributed by atoms with Crippen LogP contribution in [-0.2, 0) is 4.84 Å². The molecule has 1 aromatic heterocycles. The molecule has 0 atom stereocenters. The molecular weight excluding hydrogens is 204 g/mol. The largest absolute Gasteiger partial charge is 0.277 e. The van der Waals surface area contributed by atoms with E-state index in [1.807, 2.05) is 18.2 Å². The highest BCUT2D eigenvalue weighted by Gasteiger charge is 2.13. The summed E-state index contributed by atoms with van der Waals surface area (Å²) in [6.45, 7) is 0. The van der Waals surface area contributed by atoms with Gasteiger partial charge in [0.15, 0.2) is 0 Å². The van der Waals surface area contributed by atoms with Crippen LogP contribution in [0.2, 0.25) is 0 Å². The molecule has 1 aromatic carbocycles. The molecule has 0 saturated carbocycles. The zero-order chi connectivity index (χ0) is 11.5. The molecule has 0 aliphatic carbocycles. The Kier molecular flexibility index (Phi) is 2.83. The second kappa shape index (κ2) is 4.28. The molecule has 0 aliphatic rings. The number of aromatic nitrogens is 1. The molecule has 1 amide bonds. The van der Waals surface area contributed by atoms with E-state index in [0.29, 0.717) is 5.56 Å². The van der Waals surface area contributed by atoms with Gasteiger partial charge in [-0.15, -0.1) is 0 Å². The highest BCUT2D eigenvalue weighted by molar-refractivity contribution is 6.06. The number of pyridine rings is 1. The first-order chi connectivity index (χ1) is 7.74. The second-order valence-corrected chi connectivity index (χ2v) is 3.39. The van der Waals surface area contributed by atoms with Crippen LogP contribution in [0.5, 0.6) is 0 Å². The van der Waals surface area contributed by atoms with E-state index >= 15 is 0 Å². The zero-order valence-electron chi connectivity index (χ0n) is 9.18. The zero-order valence-corrected chi connectivity index (χ0v) is 9.18. The molecule has 2 rings (SSSR count). The molecule has 4 nitrogen and oxygen atoms in total. The Morgan fingerprint density at radius 3 is 2.94 bits per heavy atom. The molecule has 16 heavy (non-hydrogen) atoms. The van der Waals surface area contributed by atoms with Gasteiger partial charge in [0.25, 0.3) is 5.91 Å². The number of carbonyl (C=O) groups is 1. The smallest absolute Gasteiger partial charge is 0.274 e. The minimum atomic E-state index is -0.167. The number of nitrogens with zero attached hydrogens (tertiary/aromatic N) is 2. The van der Waals surface area contributed by atoms with Crippen molar-refractivity contribution in [3.8, 4) is 0 Å². The summed E-state index contributed by atoms with van der Waals surface area (Å²) in [5, 5.41) is 3.03. The fourth-order valence-corrected chi connectivity index (χ4v) is 1.56. The maximum absolute atomic E-state index is 12.0. The van der Waals surface area contributed by atoms with E-state index in [2.05, 4.69) is 4.98 Å². The predicted molar refractivity (Wildman–Crippen MR) is 60.8 cm³/mol. The van der Waals surface area contributed by atoms with Crippen molar-refractivity contribution in [1.29, 1.82) is 0 Å². The highest BCUT2D eigenvalue weighted by atomic mass is 16.7. The lowest BCUT2D eigenvalue weighted by atomic mass is 10.1. The second-order valence-electron chi connectivity index (χ2n) is 3.39. The van der Waals surface area contributed by atoms with Crippen LogP contribution in [0.25, 0.3) is 10.8 Å². The summed E-state index contributed by atoms with van der Waals surface area (Å²) in [7, 11) is 3.05. The molecule has 0 fully saturated rings. The normalized spacial score (nSPS) is 10.4. The maximum atomic E-state index is 12.0. The Morgan fingerprint density at radius 1 is 1.38 bits per heavy atom. The van der Waals surface area contributed by atoms with Crippen molar-refractivity contribution in [3.05, 3.63) is 42.2 Å². The van der Waals surface area contributed by atoms with Gasteiger partial charge in [-0.05, 0) is 17.5 Å². The maximum Gasteiger partial charge on any atom is 0.277 e. The number of benzene rings is 1. The molecule has 0 aliphatic heterocycles. The van der Waals surface area contributed by atoms with E-state index in [0.717, 1.165) is 10.8 Å². The molecule has 0 spiro atoms. The van der Waals surface area contributed by atoms with E-state index in [-0.39, 0.29) is 5.91 Å². The monoisotopic (exact) mass is 216 g/mol. The number of carbonyl (C=O) groups excluding carboxylic acids is 1. The SMILES string of the molecule is CON(C)C(=O)c1cccc2cnccc12. The topological polar surface area (TPSA) is 42.4 Å². The first-order valence-electron chi connectivity index (χ1n) is 4.89. The third kappa shape index (κ3) is 1.75. The number of hydrogen-bond donors (Lipinski definition) is 0. The number of rotatable bonds is 2. The van der Waals surface area contributed by atoms with Gasteiger partial charge in [-0.1, -0.05) is 12.1 Å². The summed E-state index contributed by atoms with van der Waals surface area (Å²) in [5.74, 6) is -0.167. The molecule has 0 saturated heterocycles. The highest BCUT2D eigenvalue weighted by Crippen LogP contribution is 2.18. The van der Waals surface area contributed by atoms with Crippen molar-refractivity contribution in [2.75, 3.05) is 14.2 Å². The van der Waals surface area contributed by atoms with E-state index in [4.69, 9.17) is 4.84 Å². The van der Waals surface area contributed by atoms with Crippen LogP contribution in [0.3, 0.4) is 0 Å². The quantitative estimate of drug-likeness (QED) is 0.720. The summed E-state index contributed by atoms with van der Waals surface area (Å²) >= 11 is 0. The van der Waals surface area contributed by atoms with Crippen LogP contribution in [0.15, 0.2) is 36.7 Å². The molecule has 0 unspecified atom stereocenters. The van der Waals surface area contributed by atoms with Crippen LogP contribution < -0.4 is 0 Å². The predicted octanol–water partition coefficient (Wildman–Crippen LogP) is 1.87. The summed E-state index contributed by atoms with van der Waals surface area (Å²) < 4.78 is 0. The minimum absolute atomic E-state index is 0.167. The molecule has 0 N–H and O–H groups in total. The standard InChI is InChI=1S/C12H12N2O2/c1-14(16-2)12(15)11-5-3-4-9-8-13-7-6-10(9)11/h3-8H,1-2H3. The van der Waals surface area contributed by atoms with Gasteiger partial charge in [0.2, 0.25) is 0 Å². The van der Waals surface area contributed by atoms with Crippen molar-refractivity contribution >= 4 is 16.7 Å². The summed E-state index contributed by atoms with van der Waals surface area (Å²) in [6, 6.07) is 7.36. The van der Waals surface area contributed by atoms with Crippen molar-refractivity contribution < 1.29 is 9.63 Å². The summed E-state index contributed by atoms with van der Waals surface area (Å²) in [5.41, 5.74) is 0.615. The Hall–Kier alpha value is -1.94. The van der Waals surface area contributed by atoms with Gasteiger partial charge in [-0.3, -0.25) is 14.6 Å². The Morgan fingerprint density at radius 2 is 2.19 bits per heavy atom. The fourth-order valence-electron chi connectivity index (χ4n) is 1.56. The van der Waals surface area contributed by atoms with Gasteiger partial charge in [-0.2, -0.15) is 0 Å². The van der Waals surface area contributed by atoms with Gasteiger partial charge in [0.05, 0.1) is 7.11 Å². The van der Waals surface area contributed by atoms with E-state index in [9.17, 15) is 4.79 Å². The van der Waals surface area contributed by atoms with E-state index in [1.165, 1.54) is 12.2 Å². The molecule has 0 radical (unpaired) electrons. The van der Waals surface area contributed by atoms with Crippen molar-refractivity contribution in [2.45, 2.75) is 0 Å². The minimum Gasteiger partial charge on any atom is -0.274 e. The molecule has 2 aromatic rings. The van der Waals surface area contributed by atoms with Crippen molar-refractivity contribution in [2.24, 2.45) is 0 Å². The Bertz CT molecular complexity index is 520. The summed E-state index contributed by atoms with van der Waals surface area (Å²) in [4.78, 5) is 20.9. The molecular formula is C12H12N2O2. The molecule has 1 heterocycles. The van der Waals surface area contributed by atoms with Gasteiger partial charge in [-0.25, -0.2) is 5.06 Å². The van der Waals surface area contributed by atoms with E-state index < -0.39 is 0 Å². The Balaban J connectivity index is 2.56. The van der Waals surface area contributed by atoms with Gasteiger partial charge >= 0.3 is 0 Å². The van der Waals surface area contributed by atoms with Gasteiger partial charge in [0, 0.05) is 30.4 Å². The van der Waals surface area contributed by atoms with Gasteiger partial charge < -0.3 is 0 Å². The third-order valence-corrected chi connectivity index (χ3v) is 2.47. The summed E-state index contributed by atoms with van der Waals surface area (Å²) in [6.07, 6.45) is 3.41.